The molecule has 0 bridgehead atoms. The van der Waals surface area contributed by atoms with E-state index in [-0.39, 0.29) is 50.1 Å². The molecule has 2 aromatic carbocycles. The van der Waals surface area contributed by atoms with E-state index in [1.54, 1.807) is 30.3 Å². The van der Waals surface area contributed by atoms with E-state index in [0.717, 1.165) is 21.3 Å². The van der Waals surface area contributed by atoms with Gasteiger partial charge in [-0.1, -0.05) is 29.0 Å². The standard InChI is InChI=1S/C28H28ClN5O5S2/c1-3-39-28(36)32-11-13-33(14-12-32)41(37,38)23-8-6-21(7-9-23)26(35)34(18-20-5-4-10-30-17-20)27-31-25-19(2)15-22(29)16-24(25)40-27/h4-10,15-17H,3,11-14,18H2,1-2H3. The van der Waals surface area contributed by atoms with Crippen LogP contribution in [0.3, 0.4) is 0 Å². The fourth-order valence-corrected chi connectivity index (χ4v) is 7.40. The maximum absolute atomic E-state index is 13.8. The normalized spacial score (nSPS) is 14.3. The quantitative estimate of drug-likeness (QED) is 0.289. The SMILES string of the molecule is CCOC(=O)N1CCN(S(=O)(=O)c2ccc(C(=O)N(Cc3cccnc3)c3nc4c(C)cc(Cl)cc4s3)cc2)CC1. The number of carbonyl (C=O) groups is 2. The van der Waals surface area contributed by atoms with Crippen LogP contribution in [0.4, 0.5) is 9.93 Å². The predicted molar refractivity (Wildman–Crippen MR) is 158 cm³/mol. The second-order valence-electron chi connectivity index (χ2n) is 9.43. The minimum Gasteiger partial charge on any atom is -0.450 e. The molecule has 13 heteroatoms. The molecule has 2 aromatic heterocycles. The van der Waals surface area contributed by atoms with Crippen molar-refractivity contribution in [1.29, 1.82) is 0 Å². The Bertz CT molecular complexity index is 1670. The molecule has 0 aliphatic carbocycles. The number of rotatable bonds is 7. The average Bonchev–Trinajstić information content (AvgIpc) is 3.40. The molecule has 1 aliphatic rings. The van der Waals surface area contributed by atoms with Gasteiger partial charge in [0.05, 0.1) is 28.3 Å². The van der Waals surface area contributed by atoms with Gasteiger partial charge in [-0.25, -0.2) is 18.2 Å². The number of halogens is 1. The Labute approximate surface area is 247 Å². The van der Waals surface area contributed by atoms with Crippen LogP contribution in [-0.2, 0) is 21.3 Å². The summed E-state index contributed by atoms with van der Waals surface area (Å²) in [5.41, 5.74) is 2.80. The molecular weight excluding hydrogens is 586 g/mol. The number of hydrogen-bond donors (Lipinski definition) is 0. The summed E-state index contributed by atoms with van der Waals surface area (Å²) in [5.74, 6) is -0.330. The van der Waals surface area contributed by atoms with Crippen molar-refractivity contribution >= 4 is 60.3 Å². The number of aromatic nitrogens is 2. The molecule has 4 aromatic rings. The van der Waals surface area contributed by atoms with Crippen LogP contribution in [0.15, 0.2) is 65.8 Å². The summed E-state index contributed by atoms with van der Waals surface area (Å²) in [5, 5.41) is 1.09. The maximum atomic E-state index is 13.8. The van der Waals surface area contributed by atoms with Crippen molar-refractivity contribution in [3.63, 3.8) is 0 Å². The third kappa shape index (κ3) is 6.20. The third-order valence-corrected chi connectivity index (χ3v) is 9.84. The number of piperazine rings is 1. The lowest BCUT2D eigenvalue weighted by Gasteiger charge is -2.33. The monoisotopic (exact) mass is 613 g/mol. The van der Waals surface area contributed by atoms with E-state index >= 15 is 0 Å². The topological polar surface area (TPSA) is 113 Å². The second-order valence-corrected chi connectivity index (χ2v) is 12.8. The summed E-state index contributed by atoms with van der Waals surface area (Å²) in [4.78, 5) is 37.8. The summed E-state index contributed by atoms with van der Waals surface area (Å²) in [6, 6.07) is 13.2. The van der Waals surface area contributed by atoms with Gasteiger partial charge in [-0.15, -0.1) is 0 Å². The highest BCUT2D eigenvalue weighted by molar-refractivity contribution is 7.89. The number of nitrogens with zero attached hydrogens (tertiary/aromatic N) is 5. The Balaban J connectivity index is 1.39. The van der Waals surface area contributed by atoms with Gasteiger partial charge in [-0.3, -0.25) is 14.7 Å². The minimum atomic E-state index is -3.81. The highest BCUT2D eigenvalue weighted by atomic mass is 35.5. The second kappa shape index (κ2) is 12.1. The van der Waals surface area contributed by atoms with Gasteiger partial charge in [-0.2, -0.15) is 4.31 Å². The molecule has 1 fully saturated rings. The van der Waals surface area contributed by atoms with Crippen molar-refractivity contribution in [1.82, 2.24) is 19.2 Å². The van der Waals surface area contributed by atoms with Crippen LogP contribution >= 0.6 is 22.9 Å². The predicted octanol–water partition coefficient (Wildman–Crippen LogP) is 4.96. The van der Waals surface area contributed by atoms with E-state index < -0.39 is 16.1 Å². The van der Waals surface area contributed by atoms with Gasteiger partial charge in [0.1, 0.15) is 0 Å². The van der Waals surface area contributed by atoms with Crippen molar-refractivity contribution in [3.8, 4) is 0 Å². The number of sulfonamides is 1. The van der Waals surface area contributed by atoms with E-state index in [1.807, 2.05) is 25.1 Å². The molecule has 3 heterocycles. The largest absolute Gasteiger partial charge is 0.450 e. The van der Waals surface area contributed by atoms with Gasteiger partial charge in [0.2, 0.25) is 10.0 Å². The van der Waals surface area contributed by atoms with Crippen LogP contribution in [-0.4, -0.2) is 72.4 Å². The Morgan fingerprint density at radius 3 is 2.49 bits per heavy atom. The number of anilines is 1. The molecular formula is C28H28ClN5O5S2. The molecule has 41 heavy (non-hydrogen) atoms. The maximum Gasteiger partial charge on any atom is 0.409 e. The highest BCUT2D eigenvalue weighted by Crippen LogP contribution is 2.34. The number of thiazole rings is 1. The molecule has 1 aliphatic heterocycles. The van der Waals surface area contributed by atoms with Gasteiger partial charge in [0, 0.05) is 49.2 Å². The zero-order valence-corrected chi connectivity index (χ0v) is 24.9. The molecule has 0 unspecified atom stereocenters. The lowest BCUT2D eigenvalue weighted by atomic mass is 10.2. The number of fused-ring (bicyclic) bond motifs is 1. The van der Waals surface area contributed by atoms with Gasteiger partial charge in [0.15, 0.2) is 5.13 Å². The molecule has 2 amide bonds. The molecule has 0 atom stereocenters. The van der Waals surface area contributed by atoms with Gasteiger partial charge < -0.3 is 9.64 Å². The Kier molecular flexibility index (Phi) is 8.55. The average molecular weight is 614 g/mol. The van der Waals surface area contributed by atoms with Crippen LogP contribution in [0.25, 0.3) is 10.2 Å². The van der Waals surface area contributed by atoms with E-state index in [2.05, 4.69) is 4.98 Å². The zero-order chi connectivity index (χ0) is 29.1. The van der Waals surface area contributed by atoms with Gasteiger partial charge in [-0.05, 0) is 67.4 Å². The smallest absolute Gasteiger partial charge is 0.409 e. The molecule has 0 spiro atoms. The molecule has 214 valence electrons. The minimum absolute atomic E-state index is 0.0719. The third-order valence-electron chi connectivity index (χ3n) is 6.68. The summed E-state index contributed by atoms with van der Waals surface area (Å²) < 4.78 is 33.8. The van der Waals surface area contributed by atoms with Crippen molar-refractivity contribution in [2.45, 2.75) is 25.3 Å². The molecule has 0 N–H and O–H groups in total. The lowest BCUT2D eigenvalue weighted by Crippen LogP contribution is -2.50. The first-order valence-electron chi connectivity index (χ1n) is 13.0. The van der Waals surface area contributed by atoms with Crippen LogP contribution in [0.2, 0.25) is 5.02 Å². The Morgan fingerprint density at radius 2 is 1.83 bits per heavy atom. The molecule has 0 radical (unpaired) electrons. The zero-order valence-electron chi connectivity index (χ0n) is 22.5. The number of ether oxygens (including phenoxy) is 1. The fraction of sp³-hybridized carbons (Fsp3) is 0.286. The number of aryl methyl sites for hydroxylation is 1. The van der Waals surface area contributed by atoms with E-state index in [1.165, 1.54) is 44.8 Å². The van der Waals surface area contributed by atoms with E-state index in [0.29, 0.717) is 15.7 Å². The number of benzene rings is 2. The summed E-state index contributed by atoms with van der Waals surface area (Å²) in [6.45, 7) is 4.92. The summed E-state index contributed by atoms with van der Waals surface area (Å²) in [6.07, 6.45) is 2.90. The fourth-order valence-electron chi connectivity index (χ4n) is 4.56. The number of hydrogen-bond acceptors (Lipinski definition) is 8. The molecule has 10 nitrogen and oxygen atoms in total. The van der Waals surface area contributed by atoms with E-state index in [4.69, 9.17) is 21.3 Å². The van der Waals surface area contributed by atoms with Gasteiger partial charge >= 0.3 is 6.09 Å². The van der Waals surface area contributed by atoms with Crippen LogP contribution < -0.4 is 4.90 Å². The Morgan fingerprint density at radius 1 is 1.10 bits per heavy atom. The first-order valence-corrected chi connectivity index (χ1v) is 15.6. The number of carbonyl (C=O) groups excluding carboxylic acids is 2. The van der Waals surface area contributed by atoms with Crippen molar-refractivity contribution in [2.24, 2.45) is 0 Å². The summed E-state index contributed by atoms with van der Waals surface area (Å²) >= 11 is 7.61. The number of amides is 2. The van der Waals surface area contributed by atoms with Crippen LogP contribution in [0, 0.1) is 6.92 Å². The first-order chi connectivity index (χ1) is 19.7. The first kappa shape index (κ1) is 28.9. The number of pyridine rings is 1. The molecule has 0 saturated carbocycles. The molecule has 1 saturated heterocycles. The van der Waals surface area contributed by atoms with Crippen molar-refractivity contribution in [2.75, 3.05) is 37.7 Å². The van der Waals surface area contributed by atoms with Crippen LogP contribution in [0.5, 0.6) is 0 Å². The molecule has 5 rings (SSSR count). The van der Waals surface area contributed by atoms with Crippen molar-refractivity contribution in [3.05, 3.63) is 82.6 Å². The van der Waals surface area contributed by atoms with E-state index in [9.17, 15) is 18.0 Å². The highest BCUT2D eigenvalue weighted by Gasteiger charge is 2.31. The lowest BCUT2D eigenvalue weighted by molar-refractivity contribution is 0.0933. The van der Waals surface area contributed by atoms with Crippen molar-refractivity contribution < 1.29 is 22.7 Å². The summed E-state index contributed by atoms with van der Waals surface area (Å²) in [7, 11) is -3.81. The Hall–Kier alpha value is -3.58. The van der Waals surface area contributed by atoms with Gasteiger partial charge in [0.25, 0.3) is 5.91 Å². The van der Waals surface area contributed by atoms with Crippen LogP contribution in [0.1, 0.15) is 28.4 Å².